The van der Waals surface area contributed by atoms with Crippen LogP contribution in [-0.2, 0) is 16.2 Å². The molecule has 2 heteroatoms. The molecule has 0 aliphatic heterocycles. The van der Waals surface area contributed by atoms with Crippen molar-refractivity contribution < 1.29 is 0 Å². The molecule has 454 valence electrons. The Morgan fingerprint density at radius 3 is 0.547 bits per heavy atom. The fourth-order valence-corrected chi connectivity index (χ4v) is 15.8. The van der Waals surface area contributed by atoms with Gasteiger partial charge in [0.1, 0.15) is 0 Å². The van der Waals surface area contributed by atoms with Crippen LogP contribution in [0.3, 0.4) is 0 Å². The molecular formula is C93H72N2. The summed E-state index contributed by atoms with van der Waals surface area (Å²) in [4.78, 5) is 4.83. The molecule has 0 aromatic heterocycles. The molecule has 2 nitrogen and oxygen atoms in total. The third-order valence-corrected chi connectivity index (χ3v) is 21.1. The van der Waals surface area contributed by atoms with Crippen molar-refractivity contribution in [2.45, 2.75) is 57.8 Å². The van der Waals surface area contributed by atoms with Crippen molar-refractivity contribution in [2.24, 2.45) is 0 Å². The van der Waals surface area contributed by atoms with E-state index < -0.39 is 0 Å². The van der Waals surface area contributed by atoms with Gasteiger partial charge in [0, 0.05) is 50.4 Å². The molecule has 17 rings (SSSR count). The second-order valence-electron chi connectivity index (χ2n) is 27.7. The van der Waals surface area contributed by atoms with Crippen molar-refractivity contribution >= 4 is 34.1 Å². The van der Waals surface area contributed by atoms with Gasteiger partial charge >= 0.3 is 0 Å². The monoisotopic (exact) mass is 1220 g/mol. The lowest BCUT2D eigenvalue weighted by Crippen LogP contribution is -2.17. The van der Waals surface area contributed by atoms with Gasteiger partial charge in [0.15, 0.2) is 0 Å². The maximum Gasteiger partial charge on any atom is 0.0465 e. The van der Waals surface area contributed by atoms with Crippen LogP contribution in [-0.4, -0.2) is 0 Å². The average molecular weight is 1220 g/mol. The first-order chi connectivity index (χ1) is 46.3. The summed E-state index contributed by atoms with van der Waals surface area (Å²) in [7, 11) is 0. The van der Waals surface area contributed by atoms with Crippen LogP contribution in [0.5, 0.6) is 0 Å². The minimum absolute atomic E-state index is 0.215. The first-order valence-electron chi connectivity index (χ1n) is 33.4. The summed E-state index contributed by atoms with van der Waals surface area (Å²) in [6.07, 6.45) is 0. The molecule has 3 aliphatic carbocycles. The predicted molar refractivity (Wildman–Crippen MR) is 401 cm³/mol. The number of benzene rings is 14. The lowest BCUT2D eigenvalue weighted by Gasteiger charge is -2.28. The van der Waals surface area contributed by atoms with Gasteiger partial charge in [0.05, 0.1) is 0 Å². The van der Waals surface area contributed by atoms with Crippen molar-refractivity contribution in [1.82, 2.24) is 0 Å². The number of nitrogens with zero attached hydrogens (tertiary/aromatic N) is 2. The standard InChI is InChI=1S/C93H72N2/c1-91(2)85-55-69(71-37-51-81-83-53-47-77(59-89(83)92(3,4)87(81)57-71)94(73-39-27-65(28-40-73)61-19-11-7-12-20-61)74-41-29-66(30-42-74)62-21-13-8-14-22-62)35-49-79(85)80-50-36-70(56-86(80)91)72-38-52-82-84-54-48-78(60-90(84)93(5,6)88(82)58-72)95(75-43-31-67(32-44-75)63-23-15-9-16-24-63)76-45-33-68(34-46-76)64-25-17-10-18-26-64/h7-60H,1-6H3. The Morgan fingerprint density at radius 2 is 0.326 bits per heavy atom. The van der Waals surface area contributed by atoms with Crippen molar-refractivity contribution in [1.29, 1.82) is 0 Å². The van der Waals surface area contributed by atoms with Crippen molar-refractivity contribution in [2.75, 3.05) is 9.80 Å². The molecule has 0 atom stereocenters. The van der Waals surface area contributed by atoms with Crippen LogP contribution >= 0.6 is 0 Å². The van der Waals surface area contributed by atoms with E-state index in [1.807, 2.05) is 0 Å². The second-order valence-corrected chi connectivity index (χ2v) is 27.7. The quantitative estimate of drug-likeness (QED) is 0.120. The third kappa shape index (κ3) is 9.77. The van der Waals surface area contributed by atoms with Crippen LogP contribution in [0.15, 0.2) is 328 Å². The fourth-order valence-electron chi connectivity index (χ4n) is 15.8. The first kappa shape index (κ1) is 57.6. The van der Waals surface area contributed by atoms with Gasteiger partial charge in [-0.3, -0.25) is 0 Å². The number of fused-ring (bicyclic) bond motifs is 9. The number of rotatable bonds is 12. The molecule has 0 bridgehead atoms. The average Bonchev–Trinajstić information content (AvgIpc) is 1.58. The zero-order chi connectivity index (χ0) is 64.2. The largest absolute Gasteiger partial charge is 0.310 e. The van der Waals surface area contributed by atoms with Gasteiger partial charge in [-0.15, -0.1) is 0 Å². The summed E-state index contributed by atoms with van der Waals surface area (Å²) in [5, 5.41) is 0. The van der Waals surface area contributed by atoms with E-state index in [0.717, 1.165) is 34.1 Å². The summed E-state index contributed by atoms with van der Waals surface area (Å²) in [5.41, 5.74) is 36.7. The Bertz CT molecular complexity index is 4760. The Kier molecular flexibility index (Phi) is 13.6. The SMILES string of the molecule is CC1(C)c2cc(-c3ccc4c(c3)C(C)(C)c3cc(N(c5ccc(-c6ccccc6)cc5)c5ccc(-c6ccccc6)cc5)ccc3-4)ccc2-c2ccc(-c3ccc4c(c3)C(C)(C)c3cc(N(c5ccc(-c6ccccc6)cc5)c5ccc(-c6ccccc6)cc5)ccc3-4)cc21. The Hall–Kier alpha value is -11.3. The lowest BCUT2D eigenvalue weighted by molar-refractivity contribution is 0.659. The third-order valence-electron chi connectivity index (χ3n) is 21.1. The molecule has 95 heavy (non-hydrogen) atoms. The van der Waals surface area contributed by atoms with Crippen molar-refractivity contribution in [3.8, 4) is 100 Å². The van der Waals surface area contributed by atoms with Crippen LogP contribution < -0.4 is 9.80 Å². The molecule has 0 saturated carbocycles. The van der Waals surface area contributed by atoms with Gasteiger partial charge < -0.3 is 9.80 Å². The number of anilines is 6. The molecule has 0 saturated heterocycles. The first-order valence-corrected chi connectivity index (χ1v) is 33.4. The van der Waals surface area contributed by atoms with Gasteiger partial charge in [-0.25, -0.2) is 0 Å². The van der Waals surface area contributed by atoms with E-state index in [2.05, 4.69) is 379 Å². The second kappa shape index (κ2) is 22.5. The minimum atomic E-state index is -0.244. The fraction of sp³-hybridized carbons (Fsp3) is 0.0968. The van der Waals surface area contributed by atoms with Gasteiger partial charge in [-0.1, -0.05) is 272 Å². The normalized spacial score (nSPS) is 13.8. The molecular weight excluding hydrogens is 1150 g/mol. The molecule has 3 aliphatic rings. The molecule has 0 unspecified atom stereocenters. The lowest BCUT2D eigenvalue weighted by atomic mass is 9.79. The summed E-state index contributed by atoms with van der Waals surface area (Å²) in [6.45, 7) is 14.5. The van der Waals surface area contributed by atoms with E-state index in [-0.39, 0.29) is 16.2 Å². The van der Waals surface area contributed by atoms with Crippen LogP contribution in [0.2, 0.25) is 0 Å². The van der Waals surface area contributed by atoms with E-state index in [1.165, 1.54) is 134 Å². The van der Waals surface area contributed by atoms with Crippen LogP contribution in [0.4, 0.5) is 34.1 Å². The number of hydrogen-bond acceptors (Lipinski definition) is 2. The van der Waals surface area contributed by atoms with E-state index in [1.54, 1.807) is 0 Å². The van der Waals surface area contributed by atoms with Crippen LogP contribution in [0, 0.1) is 0 Å². The molecule has 14 aromatic carbocycles. The van der Waals surface area contributed by atoms with Gasteiger partial charge in [-0.05, 0) is 231 Å². The van der Waals surface area contributed by atoms with E-state index >= 15 is 0 Å². The molecule has 0 radical (unpaired) electrons. The summed E-state index contributed by atoms with van der Waals surface area (Å²) in [6, 6.07) is 122. The Labute approximate surface area is 559 Å². The predicted octanol–water partition coefficient (Wildman–Crippen LogP) is 25.5. The molecule has 14 aromatic rings. The van der Waals surface area contributed by atoms with Gasteiger partial charge in [0.25, 0.3) is 0 Å². The maximum atomic E-state index is 2.48. The van der Waals surface area contributed by atoms with Crippen LogP contribution in [0.25, 0.3) is 100 Å². The Balaban J connectivity index is 0.652. The smallest absolute Gasteiger partial charge is 0.0465 e. The molecule has 0 heterocycles. The van der Waals surface area contributed by atoms with E-state index in [9.17, 15) is 0 Å². The summed E-state index contributed by atoms with van der Waals surface area (Å²) >= 11 is 0. The maximum absolute atomic E-state index is 2.48. The van der Waals surface area contributed by atoms with Crippen molar-refractivity contribution in [3.05, 3.63) is 361 Å². The molecule has 0 N–H and O–H groups in total. The topological polar surface area (TPSA) is 6.48 Å². The highest BCUT2D eigenvalue weighted by Gasteiger charge is 2.40. The molecule has 0 spiro atoms. The summed E-state index contributed by atoms with van der Waals surface area (Å²) < 4.78 is 0. The van der Waals surface area contributed by atoms with E-state index in [0.29, 0.717) is 0 Å². The van der Waals surface area contributed by atoms with Gasteiger partial charge in [-0.2, -0.15) is 0 Å². The number of hydrogen-bond donors (Lipinski definition) is 0. The summed E-state index contributed by atoms with van der Waals surface area (Å²) in [5.74, 6) is 0. The zero-order valence-corrected chi connectivity index (χ0v) is 54.6. The molecule has 0 fully saturated rings. The van der Waals surface area contributed by atoms with Crippen molar-refractivity contribution in [3.63, 3.8) is 0 Å². The highest BCUT2D eigenvalue weighted by Crippen LogP contribution is 2.56. The highest BCUT2D eigenvalue weighted by molar-refractivity contribution is 5.92. The van der Waals surface area contributed by atoms with Crippen LogP contribution in [0.1, 0.15) is 74.9 Å². The van der Waals surface area contributed by atoms with E-state index in [4.69, 9.17) is 0 Å². The van der Waals surface area contributed by atoms with Gasteiger partial charge in [0.2, 0.25) is 0 Å². The molecule has 0 amide bonds. The Morgan fingerprint density at radius 1 is 0.158 bits per heavy atom. The minimum Gasteiger partial charge on any atom is -0.310 e. The zero-order valence-electron chi connectivity index (χ0n) is 54.6. The highest BCUT2D eigenvalue weighted by atomic mass is 15.1.